The molecule has 0 aromatic heterocycles. The Morgan fingerprint density at radius 1 is 1.27 bits per heavy atom. The summed E-state index contributed by atoms with van der Waals surface area (Å²) in [5, 5.41) is 0. The molecule has 1 aromatic carbocycles. The minimum atomic E-state index is -0.499. The number of carbonyl (C=O) groups is 1. The average molecular weight is 419 g/mol. The number of ether oxygens (including phenoxy) is 2. The molecule has 0 spiro atoms. The summed E-state index contributed by atoms with van der Waals surface area (Å²) in [6.45, 7) is 8.06. The molecular formula is C17H26INO3. The molecular weight excluding hydrogens is 393 g/mol. The van der Waals surface area contributed by atoms with Gasteiger partial charge in [0.25, 0.3) is 0 Å². The number of hydrogen-bond acceptors (Lipinski definition) is 4. The second-order valence-corrected chi connectivity index (χ2v) is 7.39. The van der Waals surface area contributed by atoms with Crippen LogP contribution in [-0.2, 0) is 9.53 Å². The fourth-order valence-electron chi connectivity index (χ4n) is 1.86. The topological polar surface area (TPSA) is 61.5 Å². The molecule has 1 aromatic rings. The van der Waals surface area contributed by atoms with Gasteiger partial charge in [-0.25, -0.2) is 0 Å². The van der Waals surface area contributed by atoms with Crippen molar-refractivity contribution in [3.05, 3.63) is 29.8 Å². The zero-order valence-corrected chi connectivity index (χ0v) is 15.9. The number of esters is 1. The lowest BCUT2D eigenvalue weighted by molar-refractivity contribution is -0.160. The summed E-state index contributed by atoms with van der Waals surface area (Å²) in [5.74, 6) is 0.151. The van der Waals surface area contributed by atoms with Crippen LogP contribution in [0, 0.1) is 5.92 Å². The van der Waals surface area contributed by atoms with Gasteiger partial charge in [-0.2, -0.15) is 0 Å². The van der Waals surface area contributed by atoms with Gasteiger partial charge in [0.1, 0.15) is 11.4 Å². The molecule has 0 aliphatic carbocycles. The van der Waals surface area contributed by atoms with Crippen molar-refractivity contribution >= 4 is 28.6 Å². The van der Waals surface area contributed by atoms with Crippen molar-refractivity contribution in [1.29, 1.82) is 0 Å². The number of nitrogens with two attached hydrogens (primary N) is 1. The zero-order valence-electron chi connectivity index (χ0n) is 13.8. The Morgan fingerprint density at radius 3 is 2.36 bits per heavy atom. The molecule has 22 heavy (non-hydrogen) atoms. The molecule has 2 unspecified atom stereocenters. The van der Waals surface area contributed by atoms with Crippen LogP contribution in [0.15, 0.2) is 24.3 Å². The number of benzene rings is 1. The monoisotopic (exact) mass is 419 g/mol. The highest BCUT2D eigenvalue weighted by Gasteiger charge is 2.27. The second-order valence-electron chi connectivity index (χ2n) is 6.31. The molecule has 0 radical (unpaired) electrons. The fraction of sp³-hybridized carbons (Fsp3) is 0.588. The van der Waals surface area contributed by atoms with E-state index in [1.54, 1.807) is 6.92 Å². The summed E-state index contributed by atoms with van der Waals surface area (Å²) >= 11 is 2.33. The number of alkyl halides is 1. The summed E-state index contributed by atoms with van der Waals surface area (Å²) in [6.07, 6.45) is 1.03. The first-order valence-electron chi connectivity index (χ1n) is 7.52. The van der Waals surface area contributed by atoms with Crippen LogP contribution in [0.4, 0.5) is 0 Å². The molecule has 2 atom stereocenters. The molecule has 0 aliphatic heterocycles. The highest BCUT2D eigenvalue weighted by atomic mass is 127. The van der Waals surface area contributed by atoms with Crippen molar-refractivity contribution in [2.24, 2.45) is 11.7 Å². The minimum Gasteiger partial charge on any atom is -0.494 e. The smallest absolute Gasteiger partial charge is 0.311 e. The molecule has 0 amide bonds. The van der Waals surface area contributed by atoms with E-state index in [9.17, 15) is 4.79 Å². The van der Waals surface area contributed by atoms with Crippen molar-refractivity contribution in [3.63, 3.8) is 0 Å². The molecule has 0 aliphatic rings. The Labute approximate surface area is 146 Å². The first-order valence-corrected chi connectivity index (χ1v) is 9.04. The van der Waals surface area contributed by atoms with Crippen LogP contribution in [-0.4, -0.2) is 22.6 Å². The third-order valence-corrected chi connectivity index (χ3v) is 3.89. The largest absolute Gasteiger partial charge is 0.494 e. The van der Waals surface area contributed by atoms with Gasteiger partial charge in [0.05, 0.1) is 12.5 Å². The Bertz CT molecular complexity index is 468. The zero-order chi connectivity index (χ0) is 16.8. The van der Waals surface area contributed by atoms with Crippen molar-refractivity contribution < 1.29 is 14.3 Å². The summed E-state index contributed by atoms with van der Waals surface area (Å²) in [7, 11) is 0. The van der Waals surface area contributed by atoms with Gasteiger partial charge in [-0.05, 0) is 44.9 Å². The summed E-state index contributed by atoms with van der Waals surface area (Å²) in [6, 6.07) is 7.21. The third-order valence-electron chi connectivity index (χ3n) is 3.13. The maximum absolute atomic E-state index is 12.1. The molecule has 124 valence electrons. The number of halogens is 1. The van der Waals surface area contributed by atoms with Crippen molar-refractivity contribution in [1.82, 2.24) is 0 Å². The van der Waals surface area contributed by atoms with Crippen molar-refractivity contribution in [2.75, 3.05) is 11.0 Å². The van der Waals surface area contributed by atoms with E-state index in [-0.39, 0.29) is 5.97 Å². The van der Waals surface area contributed by atoms with Crippen LogP contribution < -0.4 is 10.5 Å². The van der Waals surface area contributed by atoms with Crippen LogP contribution >= 0.6 is 22.6 Å². The standard InChI is InChI=1S/C17H26INO3/c1-12(16(20)22-17(2,3)4)15(19)13-6-8-14(9-7-13)21-11-5-10-18/h6-9,12,15H,5,10-11,19H2,1-4H3. The van der Waals surface area contributed by atoms with Gasteiger partial charge in [-0.15, -0.1) is 0 Å². The van der Waals surface area contributed by atoms with Gasteiger partial charge in [0.15, 0.2) is 0 Å². The highest BCUT2D eigenvalue weighted by molar-refractivity contribution is 14.1. The van der Waals surface area contributed by atoms with Crippen LogP contribution in [0.3, 0.4) is 0 Å². The van der Waals surface area contributed by atoms with E-state index < -0.39 is 17.6 Å². The fourth-order valence-corrected chi connectivity index (χ4v) is 2.17. The quantitative estimate of drug-likeness (QED) is 0.316. The van der Waals surface area contributed by atoms with Gasteiger partial charge >= 0.3 is 5.97 Å². The number of hydrogen-bond donors (Lipinski definition) is 1. The molecule has 4 nitrogen and oxygen atoms in total. The van der Waals surface area contributed by atoms with E-state index in [4.69, 9.17) is 15.2 Å². The third kappa shape index (κ3) is 6.52. The lowest BCUT2D eigenvalue weighted by Crippen LogP contribution is -2.33. The van der Waals surface area contributed by atoms with E-state index in [2.05, 4.69) is 22.6 Å². The highest BCUT2D eigenvalue weighted by Crippen LogP contribution is 2.24. The summed E-state index contributed by atoms with van der Waals surface area (Å²) in [5.41, 5.74) is 6.59. The van der Waals surface area contributed by atoms with E-state index >= 15 is 0 Å². The van der Waals surface area contributed by atoms with Gasteiger partial charge in [-0.3, -0.25) is 4.79 Å². The molecule has 0 bridgehead atoms. The minimum absolute atomic E-state index is 0.276. The van der Waals surface area contributed by atoms with Gasteiger partial charge in [0, 0.05) is 10.5 Å². The Morgan fingerprint density at radius 2 is 1.86 bits per heavy atom. The Hall–Kier alpha value is -0.820. The first kappa shape index (κ1) is 19.2. The van der Waals surface area contributed by atoms with Crippen LogP contribution in [0.1, 0.15) is 45.7 Å². The van der Waals surface area contributed by atoms with E-state index in [1.165, 1.54) is 0 Å². The van der Waals surface area contributed by atoms with Gasteiger partial charge < -0.3 is 15.2 Å². The van der Waals surface area contributed by atoms with Crippen LogP contribution in [0.25, 0.3) is 0 Å². The lowest BCUT2D eigenvalue weighted by Gasteiger charge is -2.25. The summed E-state index contributed by atoms with van der Waals surface area (Å²) < 4.78 is 12.1. The Kier molecular flexibility index (Phi) is 7.62. The second kappa shape index (κ2) is 8.72. The lowest BCUT2D eigenvalue weighted by atomic mass is 9.95. The van der Waals surface area contributed by atoms with Gasteiger partial charge in [0.2, 0.25) is 0 Å². The SMILES string of the molecule is CC(C(=O)OC(C)(C)C)C(N)c1ccc(OCCCI)cc1. The average Bonchev–Trinajstić information content (AvgIpc) is 2.45. The molecule has 0 saturated heterocycles. The molecule has 5 heteroatoms. The molecule has 0 heterocycles. The van der Waals surface area contributed by atoms with Crippen LogP contribution in [0.5, 0.6) is 5.75 Å². The summed E-state index contributed by atoms with van der Waals surface area (Å²) in [4.78, 5) is 12.1. The van der Waals surface area contributed by atoms with Crippen molar-refractivity contribution in [3.8, 4) is 5.75 Å². The van der Waals surface area contributed by atoms with E-state index in [1.807, 2.05) is 45.0 Å². The molecule has 1 rings (SSSR count). The molecule has 2 N–H and O–H groups in total. The van der Waals surface area contributed by atoms with Gasteiger partial charge in [-0.1, -0.05) is 41.6 Å². The molecule has 0 fully saturated rings. The number of rotatable bonds is 7. The maximum atomic E-state index is 12.1. The maximum Gasteiger partial charge on any atom is 0.311 e. The van der Waals surface area contributed by atoms with E-state index in [0.29, 0.717) is 6.61 Å². The number of carbonyl (C=O) groups excluding carboxylic acids is 1. The predicted octanol–water partition coefficient (Wildman–Crippen LogP) is 3.87. The molecule has 0 saturated carbocycles. The van der Waals surface area contributed by atoms with E-state index in [0.717, 1.165) is 22.2 Å². The van der Waals surface area contributed by atoms with Crippen LogP contribution in [0.2, 0.25) is 0 Å². The normalized spacial score (nSPS) is 14.3. The Balaban J connectivity index is 2.64. The first-order chi connectivity index (χ1) is 10.2. The van der Waals surface area contributed by atoms with Crippen molar-refractivity contribution in [2.45, 2.75) is 45.8 Å². The predicted molar refractivity (Wildman–Crippen MR) is 97.4 cm³/mol.